The van der Waals surface area contributed by atoms with Crippen LogP contribution in [0.2, 0.25) is 5.02 Å². The Kier molecular flexibility index (Phi) is 4.63. The highest BCUT2D eigenvalue weighted by molar-refractivity contribution is 6.31. The molecular formula is C13H17ClN2O3. The van der Waals surface area contributed by atoms with E-state index in [2.05, 4.69) is 5.32 Å². The molecule has 1 fully saturated rings. The fourth-order valence-corrected chi connectivity index (χ4v) is 2.49. The third kappa shape index (κ3) is 3.18. The number of carbonyl (C=O) groups is 1. The van der Waals surface area contributed by atoms with E-state index in [1.165, 1.54) is 0 Å². The second-order valence-electron chi connectivity index (χ2n) is 4.45. The smallest absolute Gasteiger partial charge is 0.322 e. The van der Waals surface area contributed by atoms with Gasteiger partial charge in [-0.05, 0) is 12.1 Å². The van der Waals surface area contributed by atoms with Crippen LogP contribution in [-0.4, -0.2) is 48.8 Å². The summed E-state index contributed by atoms with van der Waals surface area (Å²) in [7, 11) is 1.58. The molecule has 0 spiro atoms. The highest BCUT2D eigenvalue weighted by Gasteiger charge is 2.29. The molecule has 5 nitrogen and oxygen atoms in total. The molecule has 0 bridgehead atoms. The normalized spacial score (nSPS) is 20.2. The van der Waals surface area contributed by atoms with Crippen LogP contribution in [0.15, 0.2) is 18.2 Å². The summed E-state index contributed by atoms with van der Waals surface area (Å²) in [5, 5.41) is 12.9. The number of nitrogens with zero attached hydrogens (tertiary/aromatic N) is 1. The van der Waals surface area contributed by atoms with Gasteiger partial charge in [0.2, 0.25) is 0 Å². The lowest BCUT2D eigenvalue weighted by atomic mass is 10.1. The van der Waals surface area contributed by atoms with Gasteiger partial charge in [0.05, 0.1) is 7.11 Å². The summed E-state index contributed by atoms with van der Waals surface area (Å²) in [4.78, 5) is 13.2. The molecule has 1 aromatic rings. The molecule has 0 radical (unpaired) electrons. The molecule has 1 atom stereocenters. The van der Waals surface area contributed by atoms with Crippen LogP contribution >= 0.6 is 11.6 Å². The van der Waals surface area contributed by atoms with Crippen LogP contribution < -0.4 is 10.1 Å². The second-order valence-corrected chi connectivity index (χ2v) is 4.86. The Morgan fingerprint density at radius 3 is 3.11 bits per heavy atom. The number of carboxylic acids is 1. The zero-order chi connectivity index (χ0) is 13.8. The van der Waals surface area contributed by atoms with Gasteiger partial charge in [-0.2, -0.15) is 0 Å². The summed E-state index contributed by atoms with van der Waals surface area (Å²) >= 11 is 6.18. The van der Waals surface area contributed by atoms with Gasteiger partial charge >= 0.3 is 5.97 Å². The number of nitrogens with one attached hydrogen (secondary N) is 1. The van der Waals surface area contributed by atoms with Crippen molar-refractivity contribution in [3.05, 3.63) is 28.8 Å². The van der Waals surface area contributed by atoms with Gasteiger partial charge in [-0.25, -0.2) is 0 Å². The standard InChI is InChI=1S/C13H17ClN2O3/c1-19-12-4-2-3-10(14)9(12)8-16-6-5-15-7-11(16)13(17)18/h2-4,11,15H,5-8H2,1H3,(H,17,18). The van der Waals surface area contributed by atoms with Gasteiger partial charge in [-0.15, -0.1) is 0 Å². The fourth-order valence-electron chi connectivity index (χ4n) is 2.27. The number of piperazine rings is 1. The Morgan fingerprint density at radius 2 is 2.42 bits per heavy atom. The number of methoxy groups -OCH3 is 1. The number of hydrogen-bond donors (Lipinski definition) is 2. The quantitative estimate of drug-likeness (QED) is 0.870. The molecule has 2 rings (SSSR count). The molecule has 104 valence electrons. The van der Waals surface area contributed by atoms with Crippen molar-refractivity contribution in [3.8, 4) is 5.75 Å². The summed E-state index contributed by atoms with van der Waals surface area (Å²) in [5.41, 5.74) is 0.833. The van der Waals surface area contributed by atoms with E-state index in [9.17, 15) is 9.90 Å². The van der Waals surface area contributed by atoms with Gasteiger partial charge in [0.25, 0.3) is 0 Å². The summed E-state index contributed by atoms with van der Waals surface area (Å²) < 4.78 is 5.29. The Labute approximate surface area is 117 Å². The van der Waals surface area contributed by atoms with Gasteiger partial charge in [0.1, 0.15) is 11.8 Å². The van der Waals surface area contributed by atoms with Crippen molar-refractivity contribution in [3.63, 3.8) is 0 Å². The first-order valence-corrected chi connectivity index (χ1v) is 6.50. The zero-order valence-electron chi connectivity index (χ0n) is 10.7. The van der Waals surface area contributed by atoms with Gasteiger partial charge in [-0.1, -0.05) is 17.7 Å². The number of rotatable bonds is 4. The van der Waals surface area contributed by atoms with Crippen LogP contribution in [0.5, 0.6) is 5.75 Å². The summed E-state index contributed by atoms with van der Waals surface area (Å²) in [6.45, 7) is 2.37. The molecule has 1 aromatic carbocycles. The third-order valence-electron chi connectivity index (χ3n) is 3.30. The van der Waals surface area contributed by atoms with E-state index < -0.39 is 12.0 Å². The van der Waals surface area contributed by atoms with Gasteiger partial charge in [-0.3, -0.25) is 9.69 Å². The molecule has 0 aliphatic carbocycles. The first-order chi connectivity index (χ1) is 9.13. The van der Waals surface area contributed by atoms with Crippen molar-refractivity contribution in [1.82, 2.24) is 10.2 Å². The zero-order valence-corrected chi connectivity index (χ0v) is 11.5. The average Bonchev–Trinajstić information content (AvgIpc) is 2.41. The second kappa shape index (κ2) is 6.23. The summed E-state index contributed by atoms with van der Waals surface area (Å²) in [6.07, 6.45) is 0. The van der Waals surface area contributed by atoms with Crippen molar-refractivity contribution < 1.29 is 14.6 Å². The Bertz CT molecular complexity index is 467. The SMILES string of the molecule is COc1cccc(Cl)c1CN1CCNCC1C(=O)O. The minimum Gasteiger partial charge on any atom is -0.496 e. The first-order valence-electron chi connectivity index (χ1n) is 6.12. The number of ether oxygens (including phenoxy) is 1. The molecule has 0 amide bonds. The monoisotopic (exact) mass is 284 g/mol. The molecule has 2 N–H and O–H groups in total. The van der Waals surface area contributed by atoms with Crippen LogP contribution in [0.4, 0.5) is 0 Å². The van der Waals surface area contributed by atoms with E-state index >= 15 is 0 Å². The van der Waals surface area contributed by atoms with Crippen LogP contribution in [0.25, 0.3) is 0 Å². The molecular weight excluding hydrogens is 268 g/mol. The van der Waals surface area contributed by atoms with Crippen molar-refractivity contribution in [2.45, 2.75) is 12.6 Å². The Morgan fingerprint density at radius 1 is 1.63 bits per heavy atom. The van der Waals surface area contributed by atoms with Gasteiger partial charge in [0.15, 0.2) is 0 Å². The van der Waals surface area contributed by atoms with Crippen molar-refractivity contribution >= 4 is 17.6 Å². The van der Waals surface area contributed by atoms with E-state index in [0.717, 1.165) is 12.1 Å². The van der Waals surface area contributed by atoms with Gasteiger partial charge in [0, 0.05) is 36.8 Å². The predicted octanol–water partition coefficient (Wildman–Crippen LogP) is 1.21. The van der Waals surface area contributed by atoms with Crippen LogP contribution in [0.3, 0.4) is 0 Å². The third-order valence-corrected chi connectivity index (χ3v) is 3.65. The molecule has 1 heterocycles. The molecule has 1 unspecified atom stereocenters. The van der Waals surface area contributed by atoms with Gasteiger partial charge < -0.3 is 15.2 Å². The van der Waals surface area contributed by atoms with E-state index in [0.29, 0.717) is 30.4 Å². The maximum Gasteiger partial charge on any atom is 0.322 e. The Hall–Kier alpha value is -1.30. The first kappa shape index (κ1) is 14.1. The van der Waals surface area contributed by atoms with Crippen LogP contribution in [0, 0.1) is 0 Å². The number of hydrogen-bond acceptors (Lipinski definition) is 4. The van der Waals surface area contributed by atoms with E-state index in [1.54, 1.807) is 13.2 Å². The molecule has 1 aliphatic rings. The molecule has 0 aromatic heterocycles. The van der Waals surface area contributed by atoms with E-state index in [-0.39, 0.29) is 0 Å². The minimum absolute atomic E-state index is 0.447. The summed E-state index contributed by atoms with van der Waals surface area (Å²) in [5.74, 6) is -0.131. The topological polar surface area (TPSA) is 61.8 Å². The Balaban J connectivity index is 2.21. The molecule has 1 aliphatic heterocycles. The lowest BCUT2D eigenvalue weighted by Gasteiger charge is -2.33. The minimum atomic E-state index is -0.821. The van der Waals surface area contributed by atoms with E-state index in [1.807, 2.05) is 17.0 Å². The maximum atomic E-state index is 11.2. The number of carboxylic acid groups (broad SMARTS) is 1. The molecule has 1 saturated heterocycles. The highest BCUT2D eigenvalue weighted by Crippen LogP contribution is 2.28. The largest absolute Gasteiger partial charge is 0.496 e. The van der Waals surface area contributed by atoms with Crippen LogP contribution in [0.1, 0.15) is 5.56 Å². The lowest BCUT2D eigenvalue weighted by Crippen LogP contribution is -2.54. The molecule has 6 heteroatoms. The number of aliphatic carboxylic acids is 1. The van der Waals surface area contributed by atoms with E-state index in [4.69, 9.17) is 16.3 Å². The number of benzene rings is 1. The fraction of sp³-hybridized carbons (Fsp3) is 0.462. The molecule has 0 saturated carbocycles. The van der Waals surface area contributed by atoms with Crippen molar-refractivity contribution in [2.75, 3.05) is 26.7 Å². The average molecular weight is 285 g/mol. The summed E-state index contributed by atoms with van der Waals surface area (Å²) in [6, 6.07) is 4.91. The highest BCUT2D eigenvalue weighted by atomic mass is 35.5. The maximum absolute atomic E-state index is 11.2. The predicted molar refractivity (Wildman–Crippen MR) is 72.7 cm³/mol. The molecule has 19 heavy (non-hydrogen) atoms. The van der Waals surface area contributed by atoms with Crippen molar-refractivity contribution in [2.24, 2.45) is 0 Å². The number of halogens is 1. The van der Waals surface area contributed by atoms with Crippen molar-refractivity contribution in [1.29, 1.82) is 0 Å². The lowest BCUT2D eigenvalue weighted by molar-refractivity contribution is -0.144. The van der Waals surface area contributed by atoms with Crippen LogP contribution in [-0.2, 0) is 11.3 Å².